The van der Waals surface area contributed by atoms with Crippen molar-refractivity contribution in [3.05, 3.63) is 324 Å². The van der Waals surface area contributed by atoms with Crippen molar-refractivity contribution in [3.8, 4) is 120 Å². The third kappa shape index (κ3) is 25.5. The number of nitrogens with two attached hydrogens (primary N) is 1. The molecule has 0 atom stereocenters. The molecule has 0 saturated carbocycles. The van der Waals surface area contributed by atoms with Crippen molar-refractivity contribution >= 4 is 161 Å². The number of pyridine rings is 9. The van der Waals surface area contributed by atoms with E-state index in [1.807, 2.05) is 129 Å². The van der Waals surface area contributed by atoms with E-state index >= 15 is 0 Å². The first-order chi connectivity index (χ1) is 70.9. The van der Waals surface area contributed by atoms with E-state index in [1.54, 1.807) is 132 Å². The number of hydrogen-bond acceptors (Lipinski definition) is 32. The molecule has 6 aliphatic heterocycles. The van der Waals surface area contributed by atoms with Gasteiger partial charge in [0.05, 0.1) is 84.8 Å². The minimum Gasteiger partial charge on any atom is -0.506 e. The minimum atomic E-state index is -1.30. The second-order valence-electron chi connectivity index (χ2n) is 32.5. The number of anilines is 1. The first-order valence-corrected chi connectivity index (χ1v) is 49.2. The standard InChI is InChI=1S/C33H28N4O6.C17H18N2O4.C15H9BrN2O3.C15H11N3O3.C10H6ClNO2.C9H6ClNO2.C5H4BrNO.CH2ClI/c1-20-2-4-21(5-3-20)26-18-37(23-9-12-40-13-10-23)36-32(33(26)39)28(38)14-22-6-7-24(17-35-22)43-29-8-11-34-27-16-31-30(15-25(27)29)41-19-42-31;1-11-2-4-12(5-3-11)14-10-19(13-6-8-23-9-7-13)18-15(16(14)20)17(21)22;2*16-15-2-1-9(7-18-15)21-12-3-4-17-11-6-14-13(5-10(11)12)19-8-20-14;11-7-1-2-12-8-4-10-9(3-6(7)8)13-5-14-10;10-6-1-2-11-7-4-9(13)8(12)3-5(6)7;6-5-2-1-4(8)3-7-5;2-1-3/h2-8,11,15-18,23H,9-10,12-14,19H2,1H3;2-5,10,13H,6-9H2,1H3,(H,21,22);1-7H,8H2;1-7H,8H2,(H2,16,18);1-4H,5H2;1-4,12-13H;1-3,8H;1H2. The number of aromatic nitrogens is 13. The lowest BCUT2D eigenvalue weighted by molar-refractivity contribution is 0.0631. The van der Waals surface area contributed by atoms with Crippen LogP contribution in [0.4, 0.5) is 5.82 Å². The van der Waals surface area contributed by atoms with Crippen LogP contribution in [0.1, 0.15) is 75.6 Å². The molecule has 0 amide bonds. The Morgan fingerprint density at radius 3 is 1.16 bits per heavy atom. The number of Topliss-reactive ketones (excluding diaryl/α,β-unsaturated/α-hetero) is 1. The number of carbonyl (C=O) groups is 2. The number of aromatic carboxylic acids is 1. The number of nitrogens with zero attached hydrogens (tertiary/aromatic N) is 13. The van der Waals surface area contributed by atoms with Crippen LogP contribution in [0.2, 0.25) is 10.0 Å². The van der Waals surface area contributed by atoms with Gasteiger partial charge in [-0.2, -0.15) is 10.2 Å². The van der Waals surface area contributed by atoms with Gasteiger partial charge in [0.25, 0.3) is 0 Å². The second-order valence-corrected chi connectivity index (χ2v) is 36.8. The normalized spacial score (nSPS) is 13.2. The number of carboxylic acid groups (broad SMARTS) is 1. The Balaban J connectivity index is 0.000000123. The quantitative estimate of drug-likeness (QED) is 0.0222. The van der Waals surface area contributed by atoms with E-state index in [0.717, 1.165) is 101 Å². The summed E-state index contributed by atoms with van der Waals surface area (Å²) in [6.45, 7) is 7.29. The highest BCUT2D eigenvalue weighted by Gasteiger charge is 2.28. The topological polar surface area (TPSA) is 447 Å². The molecule has 18 aromatic rings. The van der Waals surface area contributed by atoms with Gasteiger partial charge in [-0.25, -0.2) is 19.7 Å². The zero-order chi connectivity index (χ0) is 102. The smallest absolute Gasteiger partial charge is 0.360 e. The highest BCUT2D eigenvalue weighted by atomic mass is 127. The number of alkyl halides is 2. The number of benzene rings is 7. The predicted octanol–water partition coefficient (Wildman–Crippen LogP) is 22.5. The molecule has 17 heterocycles. The Morgan fingerprint density at radius 1 is 0.425 bits per heavy atom. The summed E-state index contributed by atoms with van der Waals surface area (Å²) in [6.07, 6.45) is 20.8. The Bertz CT molecular complexity index is 7760. The van der Waals surface area contributed by atoms with Crippen LogP contribution < -0.4 is 68.7 Å². The fourth-order valence-corrected chi connectivity index (χ4v) is 16.3. The molecule has 6 N–H and O–H groups in total. The monoisotopic (exact) mass is 2270 g/mol. The van der Waals surface area contributed by atoms with Gasteiger partial charge in [0.2, 0.25) is 43.7 Å². The molecular formula is C105H84Br2Cl3IN14O21. The number of ketones is 1. The molecule has 41 heteroatoms. The number of ether oxygens (including phenoxy) is 13. The lowest BCUT2D eigenvalue weighted by atomic mass is 10.0. The van der Waals surface area contributed by atoms with E-state index in [1.165, 1.54) is 18.3 Å². The van der Waals surface area contributed by atoms with Gasteiger partial charge in [0.1, 0.15) is 55.3 Å². The van der Waals surface area contributed by atoms with Gasteiger partial charge in [0, 0.05) is 144 Å². The van der Waals surface area contributed by atoms with E-state index in [0.29, 0.717) is 154 Å². The summed E-state index contributed by atoms with van der Waals surface area (Å²) in [5.41, 5.74) is 12.7. The molecule has 0 bridgehead atoms. The van der Waals surface area contributed by atoms with E-state index in [2.05, 4.69) is 110 Å². The molecule has 24 rings (SSSR count). The molecule has 0 unspecified atom stereocenters. The summed E-state index contributed by atoms with van der Waals surface area (Å²) in [5.74, 6) is 7.79. The summed E-state index contributed by atoms with van der Waals surface area (Å²) in [7, 11) is 0. The maximum atomic E-state index is 13.6. The number of aryl methyl sites for hydroxylation is 2. The van der Waals surface area contributed by atoms with Crippen LogP contribution >= 0.6 is 89.3 Å². The van der Waals surface area contributed by atoms with Gasteiger partial charge in [-0.15, -0.1) is 11.6 Å². The number of carbonyl (C=O) groups excluding carboxylic acids is 1. The van der Waals surface area contributed by atoms with Crippen LogP contribution in [0.5, 0.6) is 97.7 Å². The van der Waals surface area contributed by atoms with Crippen LogP contribution in [0.25, 0.3) is 76.8 Å². The molecule has 742 valence electrons. The molecule has 35 nitrogen and oxygen atoms in total. The fourth-order valence-electron chi connectivity index (χ4n) is 15.4. The van der Waals surface area contributed by atoms with Crippen LogP contribution in [0.15, 0.2) is 275 Å². The molecule has 0 spiro atoms. The maximum Gasteiger partial charge on any atom is 0.360 e. The molecule has 2 fully saturated rings. The van der Waals surface area contributed by atoms with E-state index < -0.39 is 22.9 Å². The third-order valence-electron chi connectivity index (χ3n) is 22.7. The number of rotatable bonds is 14. The average molecular weight is 2270 g/mol. The van der Waals surface area contributed by atoms with Gasteiger partial charge in [0.15, 0.2) is 69.0 Å². The first kappa shape index (κ1) is 102. The Morgan fingerprint density at radius 2 is 0.774 bits per heavy atom. The van der Waals surface area contributed by atoms with E-state index in [-0.39, 0.29) is 74.0 Å². The zero-order valence-corrected chi connectivity index (χ0v) is 84.8. The van der Waals surface area contributed by atoms with Crippen LogP contribution in [-0.2, 0) is 15.9 Å². The maximum absolute atomic E-state index is 13.6. The molecule has 7 aromatic carbocycles. The van der Waals surface area contributed by atoms with Crippen molar-refractivity contribution in [2.24, 2.45) is 0 Å². The van der Waals surface area contributed by atoms with Gasteiger partial charge in [-0.05, 0) is 192 Å². The molecule has 146 heavy (non-hydrogen) atoms. The number of nitrogen functional groups attached to an aromatic ring is 1. The summed E-state index contributed by atoms with van der Waals surface area (Å²) in [6, 6.07) is 55.3. The lowest BCUT2D eigenvalue weighted by Crippen LogP contribution is -2.29. The van der Waals surface area contributed by atoms with E-state index in [9.17, 15) is 34.5 Å². The molecule has 2 saturated heterocycles. The number of carboxylic acids is 1. The summed E-state index contributed by atoms with van der Waals surface area (Å²) in [4.78, 5) is 88.5. The summed E-state index contributed by atoms with van der Waals surface area (Å²) in [5, 5.41) is 50.1. The van der Waals surface area contributed by atoms with Gasteiger partial charge in [-0.3, -0.25) is 53.7 Å². The van der Waals surface area contributed by atoms with Crippen molar-refractivity contribution in [1.29, 1.82) is 0 Å². The lowest BCUT2D eigenvalue weighted by Gasteiger charge is -2.24. The van der Waals surface area contributed by atoms with Crippen LogP contribution in [0.3, 0.4) is 0 Å². The summed E-state index contributed by atoms with van der Waals surface area (Å²) >= 11 is 25.3. The molecule has 11 aromatic heterocycles. The van der Waals surface area contributed by atoms with Gasteiger partial charge in [-0.1, -0.05) is 105 Å². The molecular weight excluding hydrogens is 2190 g/mol. The first-order valence-electron chi connectivity index (χ1n) is 44.8. The Kier molecular flexibility index (Phi) is 33.4. The highest BCUT2D eigenvalue weighted by Crippen LogP contribution is 2.45. The van der Waals surface area contributed by atoms with Gasteiger partial charge < -0.3 is 87.7 Å². The summed E-state index contributed by atoms with van der Waals surface area (Å²) < 4.78 is 77.2. The largest absolute Gasteiger partial charge is 0.506 e. The van der Waals surface area contributed by atoms with Crippen molar-refractivity contribution < 1.29 is 91.6 Å². The zero-order valence-electron chi connectivity index (χ0n) is 77.2. The fraction of sp³-hybridized carbons (Fsp3) is 0.171. The highest BCUT2D eigenvalue weighted by molar-refractivity contribution is 14.1. The number of phenols is 2. The SMILES string of the molecule is Brc1ccc(Oc2ccnc3cc4c(cc23)OCO4)cn1.Cc1ccc(-c2cn(C3CCOCC3)nc(C(=O)Cc3ccc(Oc4ccnc5cc6c(cc45)OCO6)cn3)c2=O)cc1.Cc1ccc(-c2cn(C3CCOCC3)nc(C(=O)O)c2=O)cc1.ClCI.Clc1ccnc2cc3c(cc12)OCO3.Nc1ccc(Oc2ccnc3cc4c(cc23)OCO4)cn1.Oc1cc2nccc(Cl)c2cc1O.Oc1ccc(Br)nc1. The van der Waals surface area contributed by atoms with Crippen LogP contribution in [-0.4, -0.2) is 154 Å². The number of phenolic OH excluding ortho intramolecular Hbond substituents is 2. The molecule has 6 aliphatic rings. The van der Waals surface area contributed by atoms with E-state index in [4.69, 9.17) is 107 Å². The number of hydrogen-bond donors (Lipinski definition) is 5. The second kappa shape index (κ2) is 47.8. The number of halogens is 6. The Labute approximate surface area is 876 Å². The van der Waals surface area contributed by atoms with Gasteiger partial charge >= 0.3 is 5.97 Å². The van der Waals surface area contributed by atoms with Crippen molar-refractivity contribution in [1.82, 2.24) is 64.4 Å². The minimum absolute atomic E-state index is 0.0454. The van der Waals surface area contributed by atoms with Crippen LogP contribution in [0, 0.1) is 13.8 Å². The average Bonchev–Trinajstić information content (AvgIpc) is 0.829. The van der Waals surface area contributed by atoms with Crippen molar-refractivity contribution in [3.63, 3.8) is 0 Å². The molecule has 0 aliphatic carbocycles. The predicted molar refractivity (Wildman–Crippen MR) is 560 cm³/mol. The van der Waals surface area contributed by atoms with Crippen molar-refractivity contribution in [2.45, 2.75) is 58.0 Å². The Hall–Kier alpha value is -15.4. The number of aromatic hydroxyl groups is 3. The molecule has 0 radical (unpaired) electrons. The number of fused-ring (bicyclic) bond motifs is 9. The van der Waals surface area contributed by atoms with Crippen molar-refractivity contribution in [2.75, 3.05) is 63.2 Å². The third-order valence-corrected chi connectivity index (χ3v) is 24.3.